The lowest BCUT2D eigenvalue weighted by molar-refractivity contribution is 0.218. The fraction of sp³-hybridized carbons (Fsp3) is 0.304. The van der Waals surface area contributed by atoms with Crippen LogP contribution in [-0.2, 0) is 0 Å². The minimum Gasteiger partial charge on any atom is -0.459 e. The van der Waals surface area contributed by atoms with Gasteiger partial charge in [0.25, 0.3) is 0 Å². The van der Waals surface area contributed by atoms with Crippen molar-refractivity contribution in [1.29, 1.82) is 0 Å². The molecule has 148 valence electrons. The fourth-order valence-corrected chi connectivity index (χ4v) is 4.92. The van der Waals surface area contributed by atoms with Crippen molar-refractivity contribution >= 4 is 17.3 Å². The van der Waals surface area contributed by atoms with Gasteiger partial charge in [-0.05, 0) is 73.6 Å². The van der Waals surface area contributed by atoms with Crippen molar-refractivity contribution in [2.45, 2.75) is 43.8 Å². The van der Waals surface area contributed by atoms with E-state index in [4.69, 9.17) is 16.6 Å². The third-order valence-electron chi connectivity index (χ3n) is 5.90. The third kappa shape index (κ3) is 3.42. The Morgan fingerprint density at radius 1 is 1.03 bits per heavy atom. The van der Waals surface area contributed by atoms with Gasteiger partial charge in [-0.1, -0.05) is 18.9 Å². The highest BCUT2D eigenvalue weighted by atomic mass is 32.1. The number of nitrogens with zero attached hydrogens (tertiary/aromatic N) is 2. The average Bonchev–Trinajstić information content (AvgIpc) is 3.48. The van der Waals surface area contributed by atoms with Crippen LogP contribution in [0.15, 0.2) is 65.2 Å². The first-order valence-electron chi connectivity index (χ1n) is 10.1. The molecule has 0 radical (unpaired) electrons. The van der Waals surface area contributed by atoms with Crippen molar-refractivity contribution in [1.82, 2.24) is 15.2 Å². The minimum atomic E-state index is -0.256. The standard InChI is InChI=1S/C23H22FN3OS/c24-16-10-8-15(9-11-16)19-12-13-20(28-19)22-21(18-7-3-4-14-25-18)26-23(29)27(22)17-5-1-2-6-17/h3-4,7-14,17,21-22H,1-2,5-6H2,(H,26,29)/t21-,22-/m1/s1. The van der Waals surface area contributed by atoms with E-state index in [9.17, 15) is 4.39 Å². The van der Waals surface area contributed by atoms with Crippen LogP contribution in [0.25, 0.3) is 11.3 Å². The summed E-state index contributed by atoms with van der Waals surface area (Å²) in [5, 5.41) is 4.25. The summed E-state index contributed by atoms with van der Waals surface area (Å²) in [6.07, 6.45) is 6.53. The van der Waals surface area contributed by atoms with Crippen molar-refractivity contribution in [3.8, 4) is 11.3 Å². The molecular weight excluding hydrogens is 385 g/mol. The lowest BCUT2D eigenvalue weighted by atomic mass is 10.0. The summed E-state index contributed by atoms with van der Waals surface area (Å²) < 4.78 is 19.6. The van der Waals surface area contributed by atoms with Crippen molar-refractivity contribution in [3.05, 3.63) is 78.1 Å². The van der Waals surface area contributed by atoms with Crippen molar-refractivity contribution in [2.75, 3.05) is 0 Å². The molecule has 5 rings (SSSR count). The molecule has 2 atom stereocenters. The van der Waals surface area contributed by atoms with Gasteiger partial charge in [0, 0.05) is 17.8 Å². The molecule has 1 N–H and O–H groups in total. The van der Waals surface area contributed by atoms with E-state index in [0.29, 0.717) is 6.04 Å². The molecule has 3 heterocycles. The van der Waals surface area contributed by atoms with Crippen LogP contribution in [0.3, 0.4) is 0 Å². The second-order valence-corrected chi connectivity index (χ2v) is 8.07. The molecule has 2 aromatic heterocycles. The zero-order valence-electron chi connectivity index (χ0n) is 15.9. The Hall–Kier alpha value is -2.73. The first kappa shape index (κ1) is 18.3. The second-order valence-electron chi connectivity index (χ2n) is 7.68. The highest BCUT2D eigenvalue weighted by Gasteiger charge is 2.45. The molecule has 0 bridgehead atoms. The summed E-state index contributed by atoms with van der Waals surface area (Å²) in [6.45, 7) is 0. The Labute approximate surface area is 174 Å². The van der Waals surface area contributed by atoms with Crippen LogP contribution in [-0.4, -0.2) is 21.0 Å². The van der Waals surface area contributed by atoms with E-state index >= 15 is 0 Å². The number of thiocarbonyl (C=S) groups is 1. The highest BCUT2D eigenvalue weighted by molar-refractivity contribution is 7.80. The van der Waals surface area contributed by atoms with E-state index < -0.39 is 0 Å². The molecule has 4 nitrogen and oxygen atoms in total. The molecule has 1 saturated carbocycles. The van der Waals surface area contributed by atoms with E-state index in [1.165, 1.54) is 25.0 Å². The largest absolute Gasteiger partial charge is 0.459 e. The molecule has 2 fully saturated rings. The molecule has 0 spiro atoms. The molecule has 29 heavy (non-hydrogen) atoms. The number of pyridine rings is 1. The number of aromatic nitrogens is 1. The maximum absolute atomic E-state index is 13.3. The van der Waals surface area contributed by atoms with Crippen molar-refractivity contribution in [3.63, 3.8) is 0 Å². The van der Waals surface area contributed by atoms with Crippen LogP contribution in [0.4, 0.5) is 4.39 Å². The molecule has 3 aromatic rings. The molecule has 1 aromatic carbocycles. The van der Waals surface area contributed by atoms with Crippen LogP contribution >= 0.6 is 12.2 Å². The van der Waals surface area contributed by atoms with Gasteiger partial charge in [0.05, 0.1) is 11.7 Å². The number of rotatable bonds is 4. The fourth-order valence-electron chi connectivity index (χ4n) is 4.53. The van der Waals surface area contributed by atoms with E-state index in [0.717, 1.165) is 40.7 Å². The summed E-state index contributed by atoms with van der Waals surface area (Å²) in [7, 11) is 0. The Balaban J connectivity index is 1.54. The summed E-state index contributed by atoms with van der Waals surface area (Å²) in [4.78, 5) is 6.89. The van der Waals surface area contributed by atoms with Gasteiger partial charge in [-0.15, -0.1) is 0 Å². The first-order valence-corrected chi connectivity index (χ1v) is 10.5. The smallest absolute Gasteiger partial charge is 0.170 e. The summed E-state index contributed by atoms with van der Waals surface area (Å²) >= 11 is 5.75. The number of benzene rings is 1. The van der Waals surface area contributed by atoms with Crippen LogP contribution < -0.4 is 5.32 Å². The molecule has 0 unspecified atom stereocenters. The Bertz CT molecular complexity index is 998. The van der Waals surface area contributed by atoms with Gasteiger partial charge in [0.15, 0.2) is 5.11 Å². The zero-order chi connectivity index (χ0) is 19.8. The summed E-state index contributed by atoms with van der Waals surface area (Å²) in [6, 6.07) is 16.5. The van der Waals surface area contributed by atoms with E-state index in [1.54, 1.807) is 18.3 Å². The van der Waals surface area contributed by atoms with Crippen molar-refractivity contribution in [2.24, 2.45) is 0 Å². The monoisotopic (exact) mass is 407 g/mol. The SMILES string of the molecule is Fc1ccc(-c2ccc([C@@H]3[C@@H](c4ccccn4)NC(=S)N3C3CCCC3)o2)cc1. The number of hydrogen-bond donors (Lipinski definition) is 1. The topological polar surface area (TPSA) is 41.3 Å². The van der Waals surface area contributed by atoms with Gasteiger partial charge in [-0.25, -0.2) is 4.39 Å². The molecule has 0 amide bonds. The van der Waals surface area contributed by atoms with Crippen LogP contribution in [0.5, 0.6) is 0 Å². The molecule has 2 aliphatic rings. The molecule has 1 aliphatic heterocycles. The normalized spacial score (nSPS) is 22.2. The van der Waals surface area contributed by atoms with Gasteiger partial charge in [-0.3, -0.25) is 4.98 Å². The number of furan rings is 1. The van der Waals surface area contributed by atoms with Crippen molar-refractivity contribution < 1.29 is 8.81 Å². The third-order valence-corrected chi connectivity index (χ3v) is 6.23. The quantitative estimate of drug-likeness (QED) is 0.587. The predicted octanol–water partition coefficient (Wildman–Crippen LogP) is 5.40. The van der Waals surface area contributed by atoms with Gasteiger partial charge in [-0.2, -0.15) is 0 Å². The second kappa shape index (κ2) is 7.59. The van der Waals surface area contributed by atoms with Gasteiger partial charge < -0.3 is 14.6 Å². The van der Waals surface area contributed by atoms with E-state index in [-0.39, 0.29) is 17.9 Å². The van der Waals surface area contributed by atoms with Gasteiger partial charge in [0.2, 0.25) is 0 Å². The van der Waals surface area contributed by atoms with Crippen LogP contribution in [0, 0.1) is 5.82 Å². The minimum absolute atomic E-state index is 0.0605. The van der Waals surface area contributed by atoms with Crippen LogP contribution in [0.1, 0.15) is 49.2 Å². The van der Waals surface area contributed by atoms with Gasteiger partial charge >= 0.3 is 0 Å². The number of halogens is 1. The highest BCUT2D eigenvalue weighted by Crippen LogP contribution is 2.44. The molecule has 1 aliphatic carbocycles. The summed E-state index contributed by atoms with van der Waals surface area (Å²) in [5.41, 5.74) is 1.80. The van der Waals surface area contributed by atoms with E-state index in [1.807, 2.05) is 30.3 Å². The molecular formula is C23H22FN3OS. The molecule has 1 saturated heterocycles. The molecule has 6 heteroatoms. The zero-order valence-corrected chi connectivity index (χ0v) is 16.7. The number of hydrogen-bond acceptors (Lipinski definition) is 3. The summed E-state index contributed by atoms with van der Waals surface area (Å²) in [5.74, 6) is 1.32. The van der Waals surface area contributed by atoms with Crippen LogP contribution in [0.2, 0.25) is 0 Å². The Morgan fingerprint density at radius 3 is 2.55 bits per heavy atom. The lowest BCUT2D eigenvalue weighted by Crippen LogP contribution is -2.37. The lowest BCUT2D eigenvalue weighted by Gasteiger charge is -2.31. The first-order chi connectivity index (χ1) is 14.2. The predicted molar refractivity (Wildman–Crippen MR) is 114 cm³/mol. The van der Waals surface area contributed by atoms with Gasteiger partial charge in [0.1, 0.15) is 23.4 Å². The maximum Gasteiger partial charge on any atom is 0.170 e. The van der Waals surface area contributed by atoms with E-state index in [2.05, 4.69) is 15.2 Å². The Kier molecular flexibility index (Phi) is 4.79. The Morgan fingerprint density at radius 2 is 1.83 bits per heavy atom. The maximum atomic E-state index is 13.3. The average molecular weight is 408 g/mol. The number of nitrogens with one attached hydrogen (secondary N) is 1.